The third-order valence-corrected chi connectivity index (χ3v) is 4.89. The summed E-state index contributed by atoms with van der Waals surface area (Å²) in [5, 5.41) is 0. The molecule has 0 atom stereocenters. The van der Waals surface area contributed by atoms with E-state index in [1.54, 1.807) is 20.4 Å². The van der Waals surface area contributed by atoms with Gasteiger partial charge in [-0.2, -0.15) is 0 Å². The van der Waals surface area contributed by atoms with E-state index < -0.39 is 0 Å². The first-order valence-electron chi connectivity index (χ1n) is 9.59. The van der Waals surface area contributed by atoms with Crippen LogP contribution in [-0.4, -0.2) is 48.9 Å². The Kier molecular flexibility index (Phi) is 5.86. The molecule has 0 N–H and O–H groups in total. The van der Waals surface area contributed by atoms with Crippen molar-refractivity contribution in [3.05, 3.63) is 60.0 Å². The van der Waals surface area contributed by atoms with Crippen molar-refractivity contribution in [3.63, 3.8) is 0 Å². The molecule has 0 saturated heterocycles. The van der Waals surface area contributed by atoms with E-state index in [0.29, 0.717) is 24.8 Å². The zero-order valence-electron chi connectivity index (χ0n) is 16.7. The second-order valence-corrected chi connectivity index (χ2v) is 6.73. The van der Waals surface area contributed by atoms with Crippen LogP contribution < -0.4 is 14.4 Å². The lowest BCUT2D eigenvalue weighted by Crippen LogP contribution is -2.31. The molecule has 0 saturated carbocycles. The minimum absolute atomic E-state index is 0.475. The maximum atomic E-state index is 5.83. The molecule has 0 amide bonds. The molecule has 7 heteroatoms. The summed E-state index contributed by atoms with van der Waals surface area (Å²) in [4.78, 5) is 15.9. The third kappa shape index (κ3) is 4.30. The Balaban J connectivity index is 1.53. The molecule has 150 valence electrons. The van der Waals surface area contributed by atoms with E-state index in [9.17, 15) is 0 Å². The average molecular weight is 392 g/mol. The number of aromatic nitrogens is 3. The molecule has 1 aliphatic heterocycles. The molecule has 1 aromatic carbocycles. The van der Waals surface area contributed by atoms with E-state index in [4.69, 9.17) is 19.2 Å². The minimum Gasteiger partial charge on any atom is -0.493 e. The fourth-order valence-electron chi connectivity index (χ4n) is 3.36. The number of hydrogen-bond acceptors (Lipinski definition) is 7. The lowest BCUT2D eigenvalue weighted by atomic mass is 10.1. The van der Waals surface area contributed by atoms with Gasteiger partial charge in [0.15, 0.2) is 17.3 Å². The van der Waals surface area contributed by atoms with Gasteiger partial charge in [0.1, 0.15) is 12.3 Å². The molecule has 7 nitrogen and oxygen atoms in total. The van der Waals surface area contributed by atoms with E-state index in [-0.39, 0.29) is 0 Å². The van der Waals surface area contributed by atoms with Gasteiger partial charge in [-0.15, -0.1) is 0 Å². The van der Waals surface area contributed by atoms with Crippen LogP contribution >= 0.6 is 0 Å². The van der Waals surface area contributed by atoms with Gasteiger partial charge in [0.05, 0.1) is 19.4 Å². The van der Waals surface area contributed by atoms with Crippen molar-refractivity contribution in [1.82, 2.24) is 15.0 Å². The SMILES string of the molecule is COCCOc1cc(N2CCc3nc(-c4ccccn4)ncc3C2)ccc1OC. The van der Waals surface area contributed by atoms with Gasteiger partial charge in [0.2, 0.25) is 0 Å². The van der Waals surface area contributed by atoms with Gasteiger partial charge >= 0.3 is 0 Å². The van der Waals surface area contributed by atoms with Crippen molar-refractivity contribution in [1.29, 1.82) is 0 Å². The summed E-state index contributed by atoms with van der Waals surface area (Å²) in [6.07, 6.45) is 4.53. The van der Waals surface area contributed by atoms with Gasteiger partial charge in [-0.3, -0.25) is 4.98 Å². The lowest BCUT2D eigenvalue weighted by Gasteiger charge is -2.30. The number of rotatable bonds is 7. The molecule has 3 heterocycles. The predicted molar refractivity (Wildman–Crippen MR) is 110 cm³/mol. The largest absolute Gasteiger partial charge is 0.493 e. The summed E-state index contributed by atoms with van der Waals surface area (Å²) in [6.45, 7) is 2.63. The smallest absolute Gasteiger partial charge is 0.178 e. The molecule has 3 aromatic rings. The van der Waals surface area contributed by atoms with Crippen LogP contribution in [0.4, 0.5) is 5.69 Å². The number of benzene rings is 1. The maximum absolute atomic E-state index is 5.83. The van der Waals surface area contributed by atoms with Crippen LogP contribution in [0.5, 0.6) is 11.5 Å². The molecular weight excluding hydrogens is 368 g/mol. The molecule has 29 heavy (non-hydrogen) atoms. The fraction of sp³-hybridized carbons (Fsp3) is 0.318. The second kappa shape index (κ2) is 8.87. The van der Waals surface area contributed by atoms with E-state index in [1.165, 1.54) is 0 Å². The van der Waals surface area contributed by atoms with Gasteiger partial charge in [-0.25, -0.2) is 9.97 Å². The summed E-state index contributed by atoms with van der Waals surface area (Å²) in [6, 6.07) is 11.8. The molecule has 0 fully saturated rings. The quantitative estimate of drug-likeness (QED) is 0.572. The molecule has 0 spiro atoms. The van der Waals surface area contributed by atoms with Gasteiger partial charge in [-0.1, -0.05) is 6.07 Å². The second-order valence-electron chi connectivity index (χ2n) is 6.73. The lowest BCUT2D eigenvalue weighted by molar-refractivity contribution is 0.144. The number of anilines is 1. The summed E-state index contributed by atoms with van der Waals surface area (Å²) in [5.74, 6) is 2.11. The van der Waals surface area contributed by atoms with E-state index in [2.05, 4.69) is 20.9 Å². The van der Waals surface area contributed by atoms with Crippen molar-refractivity contribution >= 4 is 5.69 Å². The Labute approximate surface area is 170 Å². The highest BCUT2D eigenvalue weighted by Gasteiger charge is 2.20. The zero-order chi connectivity index (χ0) is 20.1. The van der Waals surface area contributed by atoms with Crippen molar-refractivity contribution in [2.75, 3.05) is 38.9 Å². The highest BCUT2D eigenvalue weighted by molar-refractivity contribution is 5.58. The van der Waals surface area contributed by atoms with Gasteiger partial charge in [0, 0.05) is 56.3 Å². The first kappa shape index (κ1) is 19.1. The molecule has 0 radical (unpaired) electrons. The summed E-state index contributed by atoms with van der Waals surface area (Å²) in [5.41, 5.74) is 4.10. The first-order valence-corrected chi connectivity index (χ1v) is 9.59. The van der Waals surface area contributed by atoms with E-state index in [0.717, 1.165) is 47.9 Å². The Morgan fingerprint density at radius 2 is 1.97 bits per heavy atom. The van der Waals surface area contributed by atoms with E-state index >= 15 is 0 Å². The van der Waals surface area contributed by atoms with Crippen LogP contribution in [0.2, 0.25) is 0 Å². The number of ether oxygens (including phenoxy) is 3. The molecule has 0 aliphatic carbocycles. The molecule has 0 unspecified atom stereocenters. The topological polar surface area (TPSA) is 69.6 Å². The third-order valence-electron chi connectivity index (χ3n) is 4.89. The van der Waals surface area contributed by atoms with Crippen LogP contribution in [0.3, 0.4) is 0 Å². The van der Waals surface area contributed by atoms with Crippen molar-refractivity contribution in [2.24, 2.45) is 0 Å². The summed E-state index contributed by atoms with van der Waals surface area (Å²) >= 11 is 0. The van der Waals surface area contributed by atoms with Crippen molar-refractivity contribution < 1.29 is 14.2 Å². The van der Waals surface area contributed by atoms with Gasteiger partial charge in [-0.05, 0) is 24.3 Å². The van der Waals surface area contributed by atoms with E-state index in [1.807, 2.05) is 36.5 Å². The van der Waals surface area contributed by atoms with Crippen molar-refractivity contribution in [2.45, 2.75) is 13.0 Å². The minimum atomic E-state index is 0.475. The maximum Gasteiger partial charge on any atom is 0.178 e. The number of pyridine rings is 1. The molecule has 1 aliphatic rings. The molecular formula is C22H24N4O3. The van der Waals surface area contributed by atoms with Gasteiger partial charge in [0.25, 0.3) is 0 Å². The standard InChI is InChI=1S/C22H24N4O3/c1-27-11-12-29-21-13-17(6-7-20(21)28-2)26-10-8-18-16(15-26)14-24-22(25-18)19-5-3-4-9-23-19/h3-7,9,13-14H,8,10-12,15H2,1-2H3. The highest BCUT2D eigenvalue weighted by atomic mass is 16.5. The molecule has 2 aromatic heterocycles. The number of hydrogen-bond donors (Lipinski definition) is 0. The Morgan fingerprint density at radius 1 is 1.03 bits per heavy atom. The molecule has 0 bridgehead atoms. The van der Waals surface area contributed by atoms with Crippen LogP contribution in [0, 0.1) is 0 Å². The van der Waals surface area contributed by atoms with Crippen molar-refractivity contribution in [3.8, 4) is 23.0 Å². The normalized spacial score (nSPS) is 13.1. The Hall–Kier alpha value is -3.19. The molecule has 4 rings (SSSR count). The first-order chi connectivity index (χ1) is 14.3. The van der Waals surface area contributed by atoms with Gasteiger partial charge < -0.3 is 19.1 Å². The predicted octanol–water partition coefficient (Wildman–Crippen LogP) is 3.14. The van der Waals surface area contributed by atoms with Crippen LogP contribution in [0.1, 0.15) is 11.3 Å². The van der Waals surface area contributed by atoms with Crippen LogP contribution in [0.25, 0.3) is 11.5 Å². The highest BCUT2D eigenvalue weighted by Crippen LogP contribution is 2.33. The van der Waals surface area contributed by atoms with Crippen LogP contribution in [0.15, 0.2) is 48.8 Å². The fourth-order valence-corrected chi connectivity index (χ4v) is 3.36. The van der Waals surface area contributed by atoms with Crippen LogP contribution in [-0.2, 0) is 17.7 Å². The average Bonchev–Trinajstić information content (AvgIpc) is 2.79. The Morgan fingerprint density at radius 3 is 2.76 bits per heavy atom. The number of methoxy groups -OCH3 is 2. The summed E-state index contributed by atoms with van der Waals surface area (Å²) < 4.78 is 16.3. The summed E-state index contributed by atoms with van der Waals surface area (Å²) in [7, 11) is 3.30. The number of fused-ring (bicyclic) bond motifs is 1. The number of nitrogens with zero attached hydrogens (tertiary/aromatic N) is 4. The Bertz CT molecular complexity index is 966. The monoisotopic (exact) mass is 392 g/mol. The zero-order valence-corrected chi connectivity index (χ0v) is 16.7.